The van der Waals surface area contributed by atoms with Crippen LogP contribution in [-0.4, -0.2) is 22.0 Å². The SMILES string of the molecule is O=C(N/C(=C/c1ccc(Cl)c(F)c1)c1ccc(F)cc1)c1ccc2c(c1)C(=O)C[S+]([O-])N2. The Kier molecular flexibility index (Phi) is 6.27. The van der Waals surface area contributed by atoms with E-state index in [4.69, 9.17) is 11.6 Å². The number of halogens is 3. The average Bonchev–Trinajstić information content (AvgIpc) is 2.76. The maximum absolute atomic E-state index is 13.9. The molecule has 0 bridgehead atoms. The summed E-state index contributed by atoms with van der Waals surface area (Å²) >= 11 is 4.24. The van der Waals surface area contributed by atoms with Crippen LogP contribution in [0.2, 0.25) is 5.02 Å². The second-order valence-electron chi connectivity index (χ2n) is 6.97. The standard InChI is InChI=1S/C23H15ClF2N2O3S/c24-18-7-1-13(9-19(18)26)10-21(14-2-5-16(25)6-3-14)27-23(30)15-4-8-20-17(11-15)22(29)12-32(31)28-20/h1-11,28H,12H2,(H,27,30)/b21-10+. The van der Waals surface area contributed by atoms with E-state index >= 15 is 0 Å². The number of Topliss-reactive ketones (excluding diaryl/α,β-unsaturated/α-hetero) is 1. The topological polar surface area (TPSA) is 81.3 Å². The molecule has 162 valence electrons. The van der Waals surface area contributed by atoms with E-state index in [1.54, 1.807) is 6.07 Å². The first-order valence-electron chi connectivity index (χ1n) is 9.36. The van der Waals surface area contributed by atoms with Gasteiger partial charge in [0.1, 0.15) is 11.6 Å². The first kappa shape index (κ1) is 22.0. The molecule has 2 N–H and O–H groups in total. The summed E-state index contributed by atoms with van der Waals surface area (Å²) in [6.07, 6.45) is 1.53. The highest BCUT2D eigenvalue weighted by Crippen LogP contribution is 2.25. The van der Waals surface area contributed by atoms with E-state index in [1.165, 1.54) is 60.7 Å². The summed E-state index contributed by atoms with van der Waals surface area (Å²) in [5, 5.41) is 2.70. The van der Waals surface area contributed by atoms with Crippen LogP contribution in [0, 0.1) is 11.6 Å². The van der Waals surface area contributed by atoms with Crippen molar-refractivity contribution in [3.63, 3.8) is 0 Å². The minimum atomic E-state index is -1.49. The Morgan fingerprint density at radius 2 is 1.78 bits per heavy atom. The molecule has 5 nitrogen and oxygen atoms in total. The first-order valence-corrected chi connectivity index (χ1v) is 11.1. The van der Waals surface area contributed by atoms with Gasteiger partial charge in [0.25, 0.3) is 5.91 Å². The van der Waals surface area contributed by atoms with E-state index in [0.29, 0.717) is 22.5 Å². The molecule has 0 aliphatic carbocycles. The lowest BCUT2D eigenvalue weighted by Gasteiger charge is -2.20. The zero-order valence-electron chi connectivity index (χ0n) is 16.3. The predicted molar refractivity (Wildman–Crippen MR) is 121 cm³/mol. The quantitative estimate of drug-likeness (QED) is 0.421. The van der Waals surface area contributed by atoms with E-state index in [9.17, 15) is 22.9 Å². The Labute approximate surface area is 190 Å². The van der Waals surface area contributed by atoms with Crippen molar-refractivity contribution >= 4 is 52.1 Å². The number of anilines is 1. The van der Waals surface area contributed by atoms with Crippen molar-refractivity contribution in [3.05, 3.63) is 99.6 Å². The normalized spacial score (nSPS) is 15.7. The number of rotatable bonds is 4. The molecule has 0 fully saturated rings. The Morgan fingerprint density at radius 3 is 2.50 bits per heavy atom. The van der Waals surface area contributed by atoms with Gasteiger partial charge >= 0.3 is 0 Å². The van der Waals surface area contributed by atoms with Crippen molar-refractivity contribution in [3.8, 4) is 0 Å². The lowest BCUT2D eigenvalue weighted by atomic mass is 10.0. The van der Waals surface area contributed by atoms with Crippen LogP contribution >= 0.6 is 11.6 Å². The largest absolute Gasteiger partial charge is 0.593 e. The third-order valence-electron chi connectivity index (χ3n) is 4.73. The van der Waals surface area contributed by atoms with Crippen molar-refractivity contribution < 1.29 is 22.9 Å². The molecule has 1 aliphatic heterocycles. The van der Waals surface area contributed by atoms with Crippen molar-refractivity contribution in [2.24, 2.45) is 0 Å². The molecule has 0 radical (unpaired) electrons. The lowest BCUT2D eigenvalue weighted by Crippen LogP contribution is -2.30. The number of amides is 1. The van der Waals surface area contributed by atoms with Gasteiger partial charge in [-0.25, -0.2) is 13.5 Å². The molecule has 3 aromatic carbocycles. The number of carbonyl (C=O) groups is 2. The zero-order valence-corrected chi connectivity index (χ0v) is 17.9. The summed E-state index contributed by atoms with van der Waals surface area (Å²) in [6.45, 7) is 0. The number of carbonyl (C=O) groups excluding carboxylic acids is 2. The molecule has 0 spiro atoms. The Morgan fingerprint density at radius 1 is 1.06 bits per heavy atom. The van der Waals surface area contributed by atoms with Gasteiger partial charge in [-0.2, -0.15) is 0 Å². The molecule has 1 heterocycles. The van der Waals surface area contributed by atoms with Crippen LogP contribution < -0.4 is 10.0 Å². The molecular formula is C23H15ClF2N2O3S. The molecule has 9 heteroatoms. The summed E-state index contributed by atoms with van der Waals surface area (Å²) in [5.41, 5.74) is 2.06. The third kappa shape index (κ3) is 4.83. The van der Waals surface area contributed by atoms with Crippen LogP contribution in [0.3, 0.4) is 0 Å². The van der Waals surface area contributed by atoms with Gasteiger partial charge in [-0.3, -0.25) is 9.59 Å². The first-order chi connectivity index (χ1) is 15.3. The second-order valence-corrected chi connectivity index (χ2v) is 8.56. The summed E-state index contributed by atoms with van der Waals surface area (Å²) in [5.74, 6) is -2.12. The number of ketones is 1. The van der Waals surface area contributed by atoms with Gasteiger partial charge in [-0.15, -0.1) is 0 Å². The fourth-order valence-corrected chi connectivity index (χ4v) is 4.15. The molecule has 1 aliphatic rings. The fraction of sp³-hybridized carbons (Fsp3) is 0.0435. The van der Waals surface area contributed by atoms with Crippen molar-refractivity contribution in [2.75, 3.05) is 10.5 Å². The molecular weight excluding hydrogens is 458 g/mol. The molecule has 0 aromatic heterocycles. The van der Waals surface area contributed by atoms with Gasteiger partial charge in [-0.1, -0.05) is 17.7 Å². The molecule has 3 aromatic rings. The highest BCUT2D eigenvalue weighted by Gasteiger charge is 2.27. The molecule has 0 saturated carbocycles. The summed E-state index contributed by atoms with van der Waals surface area (Å²) in [4.78, 5) is 25.1. The Balaban J connectivity index is 1.68. The number of benzene rings is 3. The van der Waals surface area contributed by atoms with Crippen LogP contribution in [0.15, 0.2) is 60.7 Å². The molecule has 1 unspecified atom stereocenters. The molecule has 1 amide bonds. The zero-order chi connectivity index (χ0) is 22.8. The van der Waals surface area contributed by atoms with E-state index < -0.39 is 28.9 Å². The van der Waals surface area contributed by atoms with Crippen LogP contribution in [0.1, 0.15) is 31.8 Å². The van der Waals surface area contributed by atoms with E-state index in [2.05, 4.69) is 10.0 Å². The van der Waals surface area contributed by atoms with Crippen LogP contribution in [0.25, 0.3) is 11.8 Å². The van der Waals surface area contributed by atoms with Gasteiger partial charge in [0.05, 0.1) is 27.6 Å². The number of fused-ring (bicyclic) bond motifs is 1. The van der Waals surface area contributed by atoms with Gasteiger partial charge < -0.3 is 9.87 Å². The highest BCUT2D eigenvalue weighted by atomic mass is 35.5. The maximum Gasteiger partial charge on any atom is 0.255 e. The lowest BCUT2D eigenvalue weighted by molar-refractivity contribution is 0.0974. The van der Waals surface area contributed by atoms with Crippen molar-refractivity contribution in [2.45, 2.75) is 0 Å². The molecule has 4 rings (SSSR count). The predicted octanol–water partition coefficient (Wildman–Crippen LogP) is 4.82. The summed E-state index contributed by atoms with van der Waals surface area (Å²) in [6, 6.07) is 14.0. The third-order valence-corrected chi connectivity index (χ3v) is 6.00. The van der Waals surface area contributed by atoms with Gasteiger partial charge in [0.15, 0.2) is 5.75 Å². The van der Waals surface area contributed by atoms with Gasteiger partial charge in [0, 0.05) is 11.3 Å². The number of hydrogen-bond donors (Lipinski definition) is 2. The number of nitrogens with one attached hydrogen (secondary N) is 2. The molecule has 0 saturated heterocycles. The minimum absolute atomic E-state index is 0.0391. The van der Waals surface area contributed by atoms with Crippen LogP contribution in [0.5, 0.6) is 0 Å². The number of hydrogen-bond acceptors (Lipinski definition) is 4. The van der Waals surface area contributed by atoms with Gasteiger partial charge in [-0.05, 0) is 71.8 Å². The second kappa shape index (κ2) is 9.12. The molecule has 32 heavy (non-hydrogen) atoms. The van der Waals surface area contributed by atoms with Crippen molar-refractivity contribution in [1.29, 1.82) is 0 Å². The summed E-state index contributed by atoms with van der Waals surface area (Å²) in [7, 11) is 0. The minimum Gasteiger partial charge on any atom is -0.593 e. The maximum atomic E-state index is 13.9. The smallest absolute Gasteiger partial charge is 0.255 e. The van der Waals surface area contributed by atoms with E-state index in [-0.39, 0.29) is 27.7 Å². The monoisotopic (exact) mass is 472 g/mol. The Hall–Kier alpha value is -3.20. The van der Waals surface area contributed by atoms with Gasteiger partial charge in [0.2, 0.25) is 5.78 Å². The fourth-order valence-electron chi connectivity index (χ4n) is 3.15. The van der Waals surface area contributed by atoms with E-state index in [0.717, 1.165) is 0 Å². The van der Waals surface area contributed by atoms with Crippen LogP contribution in [-0.2, 0) is 11.4 Å². The van der Waals surface area contributed by atoms with E-state index in [1.807, 2.05) is 0 Å². The molecule has 1 atom stereocenters. The average molecular weight is 473 g/mol. The summed E-state index contributed by atoms with van der Waals surface area (Å²) < 4.78 is 41.6. The van der Waals surface area contributed by atoms with Crippen molar-refractivity contribution in [1.82, 2.24) is 5.32 Å². The Bertz CT molecular complexity index is 1250. The highest BCUT2D eigenvalue weighted by molar-refractivity contribution is 7.93. The van der Waals surface area contributed by atoms with Crippen LogP contribution in [0.4, 0.5) is 14.5 Å².